The standard InChI is InChI=1S/C24H33N3O4/c1-2-17-8-12-24(13-9-17)22(30)27(23(31)25-24)16-20(28)26-14-10-19(11-15-26)21(29)18-6-4-3-5-7-18/h3-7,17,19,21,29H,2,8-16H2,1H3,(H,25,31). The van der Waals surface area contributed by atoms with Crippen LogP contribution in [0.15, 0.2) is 30.3 Å². The number of amides is 4. The lowest BCUT2D eigenvalue weighted by Gasteiger charge is -2.35. The van der Waals surface area contributed by atoms with Gasteiger partial charge in [0.15, 0.2) is 0 Å². The lowest BCUT2D eigenvalue weighted by Crippen LogP contribution is -2.50. The normalized spacial score (nSPS) is 28.1. The molecule has 1 saturated carbocycles. The number of carbonyl (C=O) groups excluding carboxylic acids is 3. The van der Waals surface area contributed by atoms with Crippen LogP contribution in [0.25, 0.3) is 0 Å². The van der Waals surface area contributed by atoms with Crippen molar-refractivity contribution < 1.29 is 19.5 Å². The summed E-state index contributed by atoms with van der Waals surface area (Å²) in [5.41, 5.74) is 0.0882. The van der Waals surface area contributed by atoms with E-state index in [9.17, 15) is 19.5 Å². The molecule has 2 aliphatic heterocycles. The van der Waals surface area contributed by atoms with Gasteiger partial charge in [-0.15, -0.1) is 0 Å². The number of aliphatic hydroxyl groups excluding tert-OH is 1. The zero-order valence-electron chi connectivity index (χ0n) is 18.3. The maximum absolute atomic E-state index is 13.0. The predicted octanol–water partition coefficient (Wildman–Crippen LogP) is 2.85. The molecule has 1 unspecified atom stereocenters. The molecule has 31 heavy (non-hydrogen) atoms. The molecule has 0 aromatic heterocycles. The van der Waals surface area contributed by atoms with Gasteiger partial charge < -0.3 is 15.3 Å². The lowest BCUT2D eigenvalue weighted by atomic mass is 9.75. The Morgan fingerprint density at radius 1 is 1.13 bits per heavy atom. The first-order chi connectivity index (χ1) is 14.9. The van der Waals surface area contributed by atoms with Crippen LogP contribution >= 0.6 is 0 Å². The molecule has 7 heteroatoms. The van der Waals surface area contributed by atoms with Gasteiger partial charge in [0.2, 0.25) is 5.91 Å². The molecule has 4 amide bonds. The Labute approximate surface area is 183 Å². The number of rotatable bonds is 5. The molecule has 2 N–H and O–H groups in total. The Hall–Kier alpha value is -2.41. The second-order valence-electron chi connectivity index (χ2n) is 9.33. The van der Waals surface area contributed by atoms with Gasteiger partial charge in [-0.1, -0.05) is 43.7 Å². The van der Waals surface area contributed by atoms with E-state index < -0.39 is 17.7 Å². The smallest absolute Gasteiger partial charge is 0.325 e. The number of aliphatic hydroxyl groups is 1. The Kier molecular flexibility index (Phi) is 6.32. The van der Waals surface area contributed by atoms with Crippen molar-refractivity contribution in [2.75, 3.05) is 19.6 Å². The first-order valence-electron chi connectivity index (χ1n) is 11.6. The molecule has 3 fully saturated rings. The predicted molar refractivity (Wildman–Crippen MR) is 116 cm³/mol. The van der Waals surface area contributed by atoms with Gasteiger partial charge in [-0.2, -0.15) is 0 Å². The summed E-state index contributed by atoms with van der Waals surface area (Å²) in [6.07, 6.45) is 5.13. The summed E-state index contributed by atoms with van der Waals surface area (Å²) >= 11 is 0. The van der Waals surface area contributed by atoms with E-state index in [1.54, 1.807) is 4.90 Å². The molecule has 1 aromatic carbocycles. The molecular weight excluding hydrogens is 394 g/mol. The van der Waals surface area contributed by atoms with Crippen LogP contribution in [0.5, 0.6) is 0 Å². The maximum Gasteiger partial charge on any atom is 0.325 e. The zero-order chi connectivity index (χ0) is 22.0. The van der Waals surface area contributed by atoms with Crippen molar-refractivity contribution in [1.82, 2.24) is 15.1 Å². The molecule has 1 aliphatic carbocycles. The van der Waals surface area contributed by atoms with Crippen LogP contribution in [0.2, 0.25) is 0 Å². The van der Waals surface area contributed by atoms with Crippen molar-refractivity contribution in [3.63, 3.8) is 0 Å². The Morgan fingerprint density at radius 3 is 2.39 bits per heavy atom. The van der Waals surface area contributed by atoms with Crippen LogP contribution < -0.4 is 5.32 Å². The molecule has 4 rings (SSSR count). The average Bonchev–Trinajstić information content (AvgIpc) is 3.03. The number of urea groups is 1. The van der Waals surface area contributed by atoms with Crippen LogP contribution in [-0.2, 0) is 9.59 Å². The van der Waals surface area contributed by atoms with Gasteiger partial charge >= 0.3 is 6.03 Å². The fourth-order valence-electron chi connectivity index (χ4n) is 5.36. The molecule has 3 aliphatic rings. The molecule has 2 heterocycles. The second-order valence-corrected chi connectivity index (χ2v) is 9.33. The summed E-state index contributed by atoms with van der Waals surface area (Å²) in [5.74, 6) is 0.268. The topological polar surface area (TPSA) is 90.0 Å². The Balaban J connectivity index is 1.31. The number of piperidine rings is 1. The minimum atomic E-state index is -0.810. The monoisotopic (exact) mass is 427 g/mol. The first-order valence-corrected chi connectivity index (χ1v) is 11.6. The Bertz CT molecular complexity index is 811. The zero-order valence-corrected chi connectivity index (χ0v) is 18.3. The number of hydrogen-bond acceptors (Lipinski definition) is 4. The van der Waals surface area contributed by atoms with Gasteiger partial charge in [0.1, 0.15) is 12.1 Å². The summed E-state index contributed by atoms with van der Waals surface area (Å²) in [7, 11) is 0. The highest BCUT2D eigenvalue weighted by Gasteiger charge is 2.52. The number of benzene rings is 1. The van der Waals surface area contributed by atoms with Crippen molar-refractivity contribution in [3.8, 4) is 0 Å². The van der Waals surface area contributed by atoms with E-state index in [0.717, 1.165) is 29.7 Å². The van der Waals surface area contributed by atoms with Crippen molar-refractivity contribution >= 4 is 17.8 Å². The summed E-state index contributed by atoms with van der Waals surface area (Å²) in [6, 6.07) is 9.15. The second kappa shape index (κ2) is 8.99. The highest BCUT2D eigenvalue weighted by Crippen LogP contribution is 2.37. The third-order valence-electron chi connectivity index (χ3n) is 7.56. The van der Waals surface area contributed by atoms with Crippen molar-refractivity contribution in [2.24, 2.45) is 11.8 Å². The molecule has 1 aromatic rings. The van der Waals surface area contributed by atoms with E-state index in [2.05, 4.69) is 12.2 Å². The van der Waals surface area contributed by atoms with Crippen molar-refractivity contribution in [3.05, 3.63) is 35.9 Å². The number of nitrogens with one attached hydrogen (secondary N) is 1. The number of imide groups is 1. The third kappa shape index (κ3) is 4.33. The quantitative estimate of drug-likeness (QED) is 0.707. The summed E-state index contributed by atoms with van der Waals surface area (Å²) in [5, 5.41) is 13.5. The van der Waals surface area contributed by atoms with E-state index in [1.165, 1.54) is 0 Å². The van der Waals surface area contributed by atoms with E-state index >= 15 is 0 Å². The van der Waals surface area contributed by atoms with Crippen LogP contribution in [0.4, 0.5) is 4.79 Å². The summed E-state index contributed by atoms with van der Waals surface area (Å²) < 4.78 is 0. The summed E-state index contributed by atoms with van der Waals surface area (Å²) in [6.45, 7) is 3.01. The third-order valence-corrected chi connectivity index (χ3v) is 7.56. The van der Waals surface area contributed by atoms with Gasteiger partial charge in [0, 0.05) is 13.1 Å². The largest absolute Gasteiger partial charge is 0.388 e. The van der Waals surface area contributed by atoms with Gasteiger partial charge in [-0.3, -0.25) is 14.5 Å². The molecule has 168 valence electrons. The van der Waals surface area contributed by atoms with E-state index in [1.807, 2.05) is 30.3 Å². The number of nitrogens with zero attached hydrogens (tertiary/aromatic N) is 2. The van der Waals surface area contributed by atoms with Gasteiger partial charge in [-0.05, 0) is 55.9 Å². The molecule has 1 atom stereocenters. The van der Waals surface area contributed by atoms with Gasteiger partial charge in [0.05, 0.1) is 6.10 Å². The van der Waals surface area contributed by atoms with E-state index in [0.29, 0.717) is 44.7 Å². The van der Waals surface area contributed by atoms with Gasteiger partial charge in [-0.25, -0.2) is 4.79 Å². The number of likely N-dealkylation sites (tertiary alicyclic amines) is 1. The van der Waals surface area contributed by atoms with Crippen LogP contribution in [0, 0.1) is 11.8 Å². The number of hydrogen-bond donors (Lipinski definition) is 2. The van der Waals surface area contributed by atoms with Crippen LogP contribution in [0.3, 0.4) is 0 Å². The van der Waals surface area contributed by atoms with Crippen molar-refractivity contribution in [2.45, 2.75) is 63.5 Å². The lowest BCUT2D eigenvalue weighted by molar-refractivity contribution is -0.140. The minimum absolute atomic E-state index is 0.0974. The van der Waals surface area contributed by atoms with Crippen LogP contribution in [-0.4, -0.2) is 57.9 Å². The fourth-order valence-corrected chi connectivity index (χ4v) is 5.36. The molecule has 0 radical (unpaired) electrons. The highest BCUT2D eigenvalue weighted by molar-refractivity contribution is 6.09. The summed E-state index contributed by atoms with van der Waals surface area (Å²) in [4.78, 5) is 41.2. The highest BCUT2D eigenvalue weighted by atomic mass is 16.3. The van der Waals surface area contributed by atoms with E-state index in [-0.39, 0.29) is 24.3 Å². The van der Waals surface area contributed by atoms with Crippen LogP contribution in [0.1, 0.15) is 63.5 Å². The average molecular weight is 428 g/mol. The van der Waals surface area contributed by atoms with E-state index in [4.69, 9.17) is 0 Å². The SMILES string of the molecule is CCC1CCC2(CC1)NC(=O)N(CC(=O)N1CCC(C(O)c3ccccc3)CC1)C2=O. The molecule has 1 spiro atoms. The first kappa shape index (κ1) is 21.8. The maximum atomic E-state index is 13.0. The molecular formula is C24H33N3O4. The Morgan fingerprint density at radius 2 is 1.77 bits per heavy atom. The molecule has 0 bridgehead atoms. The molecule has 7 nitrogen and oxygen atoms in total. The van der Waals surface area contributed by atoms with Crippen molar-refractivity contribution in [1.29, 1.82) is 0 Å². The number of carbonyl (C=O) groups is 3. The van der Waals surface area contributed by atoms with Gasteiger partial charge in [0.25, 0.3) is 5.91 Å². The fraction of sp³-hybridized carbons (Fsp3) is 0.625. The minimum Gasteiger partial charge on any atom is -0.388 e. The molecule has 2 saturated heterocycles.